The second-order valence-electron chi connectivity index (χ2n) is 5.03. The highest BCUT2D eigenvalue weighted by atomic mass is 16.2. The van der Waals surface area contributed by atoms with Crippen molar-refractivity contribution in [3.63, 3.8) is 0 Å². The number of likely N-dealkylation sites (tertiary alicyclic amines) is 1. The number of aromatic nitrogens is 1. The predicted molar refractivity (Wildman–Crippen MR) is 65.7 cm³/mol. The van der Waals surface area contributed by atoms with Crippen LogP contribution in [-0.2, 0) is 0 Å². The average molecular weight is 234 g/mol. The number of hydrogen-bond acceptors (Lipinski definition) is 3. The highest BCUT2D eigenvalue weighted by molar-refractivity contribution is 5.93. The van der Waals surface area contributed by atoms with Gasteiger partial charge in [-0.3, -0.25) is 9.69 Å². The number of amides is 1. The van der Waals surface area contributed by atoms with Crippen LogP contribution in [-0.4, -0.2) is 41.0 Å². The van der Waals surface area contributed by atoms with Crippen LogP contribution in [0.15, 0.2) is 12.3 Å². The minimum Gasteiger partial charge on any atom is -0.397 e. The fourth-order valence-electron chi connectivity index (χ4n) is 2.48. The number of aromatic amines is 1. The highest BCUT2D eigenvalue weighted by Crippen LogP contribution is 2.29. The summed E-state index contributed by atoms with van der Waals surface area (Å²) in [6, 6.07) is 2.74. The molecule has 17 heavy (non-hydrogen) atoms. The molecule has 92 valence electrons. The molecule has 2 fully saturated rings. The Morgan fingerprint density at radius 1 is 1.47 bits per heavy atom. The van der Waals surface area contributed by atoms with Crippen molar-refractivity contribution in [2.75, 3.05) is 18.8 Å². The molecule has 1 amide bonds. The van der Waals surface area contributed by atoms with E-state index in [2.05, 4.69) is 15.2 Å². The lowest BCUT2D eigenvalue weighted by molar-refractivity contribution is 0.0933. The molecule has 2 heterocycles. The van der Waals surface area contributed by atoms with E-state index in [1.165, 1.54) is 12.8 Å². The van der Waals surface area contributed by atoms with Crippen LogP contribution in [0, 0.1) is 0 Å². The number of nitrogens with zero attached hydrogens (tertiary/aromatic N) is 1. The van der Waals surface area contributed by atoms with Crippen LogP contribution in [0.2, 0.25) is 0 Å². The molecule has 1 saturated carbocycles. The number of anilines is 1. The fourth-order valence-corrected chi connectivity index (χ4v) is 2.48. The van der Waals surface area contributed by atoms with E-state index in [4.69, 9.17) is 5.73 Å². The Hall–Kier alpha value is -1.49. The van der Waals surface area contributed by atoms with Crippen molar-refractivity contribution in [2.45, 2.75) is 31.3 Å². The Labute approximate surface area is 100 Å². The fraction of sp³-hybridized carbons (Fsp3) is 0.583. The van der Waals surface area contributed by atoms with E-state index < -0.39 is 0 Å². The summed E-state index contributed by atoms with van der Waals surface area (Å²) in [7, 11) is 0. The maximum atomic E-state index is 11.9. The first-order chi connectivity index (χ1) is 8.22. The van der Waals surface area contributed by atoms with Gasteiger partial charge in [-0.2, -0.15) is 0 Å². The van der Waals surface area contributed by atoms with Gasteiger partial charge in [0.05, 0.1) is 0 Å². The second-order valence-corrected chi connectivity index (χ2v) is 5.03. The summed E-state index contributed by atoms with van der Waals surface area (Å²) in [6.07, 6.45) is 5.35. The van der Waals surface area contributed by atoms with Gasteiger partial charge < -0.3 is 16.0 Å². The number of nitrogens with one attached hydrogen (secondary N) is 2. The summed E-state index contributed by atoms with van der Waals surface area (Å²) < 4.78 is 0. The van der Waals surface area contributed by atoms with Crippen molar-refractivity contribution in [3.05, 3.63) is 18.0 Å². The van der Waals surface area contributed by atoms with Crippen LogP contribution in [0.25, 0.3) is 0 Å². The molecule has 5 nitrogen and oxygen atoms in total. The summed E-state index contributed by atoms with van der Waals surface area (Å²) in [4.78, 5) is 17.2. The van der Waals surface area contributed by atoms with Gasteiger partial charge in [0.1, 0.15) is 5.69 Å². The molecule has 1 atom stereocenters. The van der Waals surface area contributed by atoms with Crippen LogP contribution < -0.4 is 11.1 Å². The molecule has 5 heteroatoms. The second kappa shape index (κ2) is 4.07. The zero-order valence-electron chi connectivity index (χ0n) is 9.78. The summed E-state index contributed by atoms with van der Waals surface area (Å²) in [5.74, 6) is -0.0515. The quantitative estimate of drug-likeness (QED) is 0.715. The normalized spacial score (nSPS) is 25.1. The van der Waals surface area contributed by atoms with E-state index in [0.29, 0.717) is 11.4 Å². The molecular weight excluding hydrogens is 216 g/mol. The molecule has 1 aliphatic carbocycles. The summed E-state index contributed by atoms with van der Waals surface area (Å²) in [5, 5.41) is 3.05. The van der Waals surface area contributed by atoms with E-state index in [1.54, 1.807) is 12.3 Å². The largest absolute Gasteiger partial charge is 0.397 e. The van der Waals surface area contributed by atoms with Crippen molar-refractivity contribution in [2.24, 2.45) is 0 Å². The number of carbonyl (C=O) groups is 1. The number of nitrogens with two attached hydrogens (primary N) is 1. The third-order valence-electron chi connectivity index (χ3n) is 3.57. The van der Waals surface area contributed by atoms with E-state index in [-0.39, 0.29) is 11.9 Å². The molecule has 4 N–H and O–H groups in total. The molecular formula is C12H18N4O. The lowest BCUT2D eigenvalue weighted by Gasteiger charge is -2.15. The van der Waals surface area contributed by atoms with Gasteiger partial charge in [-0.05, 0) is 25.3 Å². The Bertz CT molecular complexity index is 424. The van der Waals surface area contributed by atoms with Crippen LogP contribution in [0.1, 0.15) is 29.8 Å². The molecule has 1 unspecified atom stereocenters. The van der Waals surface area contributed by atoms with Crippen molar-refractivity contribution >= 4 is 11.6 Å². The standard InChI is InChI=1S/C12H18N4O/c13-8-5-11(14-6-8)12(17)15-9-3-4-16(7-9)10-1-2-10/h5-6,9-10,14H,1-4,7,13H2,(H,15,17). The van der Waals surface area contributed by atoms with Crippen molar-refractivity contribution in [1.29, 1.82) is 0 Å². The number of hydrogen-bond donors (Lipinski definition) is 3. The van der Waals surface area contributed by atoms with Gasteiger partial charge in [0.15, 0.2) is 0 Å². The molecule has 1 aromatic rings. The maximum absolute atomic E-state index is 11.9. The van der Waals surface area contributed by atoms with Crippen molar-refractivity contribution < 1.29 is 4.79 Å². The van der Waals surface area contributed by atoms with Gasteiger partial charge in [-0.15, -0.1) is 0 Å². The van der Waals surface area contributed by atoms with Crippen LogP contribution in [0.3, 0.4) is 0 Å². The third kappa shape index (κ3) is 2.29. The SMILES string of the molecule is Nc1c[nH]c(C(=O)NC2CCN(C3CC3)C2)c1. The third-order valence-corrected chi connectivity index (χ3v) is 3.57. The molecule has 0 radical (unpaired) electrons. The van der Waals surface area contributed by atoms with Gasteiger partial charge in [-0.25, -0.2) is 0 Å². The number of H-pyrrole nitrogens is 1. The van der Waals surface area contributed by atoms with Gasteiger partial charge in [-0.1, -0.05) is 0 Å². The lowest BCUT2D eigenvalue weighted by atomic mass is 10.2. The summed E-state index contributed by atoms with van der Waals surface area (Å²) in [6.45, 7) is 2.11. The summed E-state index contributed by atoms with van der Waals surface area (Å²) in [5.41, 5.74) is 6.72. The van der Waals surface area contributed by atoms with E-state index in [0.717, 1.165) is 25.6 Å². The molecule has 1 aliphatic heterocycles. The van der Waals surface area contributed by atoms with Crippen LogP contribution in [0.4, 0.5) is 5.69 Å². The average Bonchev–Trinajstić information content (AvgIpc) is 2.90. The van der Waals surface area contributed by atoms with Gasteiger partial charge in [0, 0.05) is 37.1 Å². The number of carbonyl (C=O) groups excluding carboxylic acids is 1. The molecule has 3 rings (SSSR count). The maximum Gasteiger partial charge on any atom is 0.268 e. The smallest absolute Gasteiger partial charge is 0.268 e. The van der Waals surface area contributed by atoms with Crippen LogP contribution >= 0.6 is 0 Å². The topological polar surface area (TPSA) is 74.1 Å². The highest BCUT2D eigenvalue weighted by Gasteiger charge is 2.34. The summed E-state index contributed by atoms with van der Waals surface area (Å²) >= 11 is 0. The molecule has 2 aliphatic rings. The van der Waals surface area contributed by atoms with Crippen molar-refractivity contribution in [3.8, 4) is 0 Å². The molecule has 0 aromatic carbocycles. The Balaban J connectivity index is 1.55. The first-order valence-corrected chi connectivity index (χ1v) is 6.21. The predicted octanol–water partition coefficient (Wildman–Crippen LogP) is 0.563. The molecule has 1 aromatic heterocycles. The zero-order valence-corrected chi connectivity index (χ0v) is 9.78. The van der Waals surface area contributed by atoms with E-state index >= 15 is 0 Å². The molecule has 1 saturated heterocycles. The van der Waals surface area contributed by atoms with E-state index in [1.807, 2.05) is 0 Å². The minimum absolute atomic E-state index is 0.0515. The van der Waals surface area contributed by atoms with Gasteiger partial charge in [0.25, 0.3) is 5.91 Å². The molecule has 0 bridgehead atoms. The monoisotopic (exact) mass is 234 g/mol. The van der Waals surface area contributed by atoms with Gasteiger partial charge in [0.2, 0.25) is 0 Å². The van der Waals surface area contributed by atoms with Crippen molar-refractivity contribution in [1.82, 2.24) is 15.2 Å². The van der Waals surface area contributed by atoms with Gasteiger partial charge >= 0.3 is 0 Å². The Kier molecular flexibility index (Phi) is 2.55. The molecule has 0 spiro atoms. The number of rotatable bonds is 3. The first kappa shape index (κ1) is 10.7. The van der Waals surface area contributed by atoms with E-state index in [9.17, 15) is 4.79 Å². The zero-order chi connectivity index (χ0) is 11.8. The lowest BCUT2D eigenvalue weighted by Crippen LogP contribution is -2.37. The number of nitrogen functional groups attached to an aromatic ring is 1. The van der Waals surface area contributed by atoms with Crippen LogP contribution in [0.5, 0.6) is 0 Å². The first-order valence-electron chi connectivity index (χ1n) is 6.21. The Morgan fingerprint density at radius 3 is 2.94 bits per heavy atom. The Morgan fingerprint density at radius 2 is 2.29 bits per heavy atom. The minimum atomic E-state index is -0.0515.